The number of hydrogen-bond donors (Lipinski definition) is 1. The minimum atomic E-state index is -1.98. The van der Waals surface area contributed by atoms with Crippen LogP contribution in [-0.4, -0.2) is 54.9 Å². The Morgan fingerprint density at radius 3 is 2.21 bits per heavy atom. The van der Waals surface area contributed by atoms with Crippen LogP contribution in [0.2, 0.25) is 0 Å². The third kappa shape index (κ3) is 6.97. The number of ether oxygens (including phenoxy) is 4. The summed E-state index contributed by atoms with van der Waals surface area (Å²) in [5.41, 5.74) is -1.29. The third-order valence-electron chi connectivity index (χ3n) is 3.75. The average Bonchev–Trinajstić information content (AvgIpc) is 2.66. The van der Waals surface area contributed by atoms with E-state index >= 15 is 0 Å². The molecule has 1 aromatic rings. The molecule has 1 aromatic carbocycles. The molecule has 2 atom stereocenters. The van der Waals surface area contributed by atoms with Crippen molar-refractivity contribution in [2.45, 2.75) is 51.6 Å². The highest BCUT2D eigenvalue weighted by Gasteiger charge is 2.51. The lowest BCUT2D eigenvalue weighted by Gasteiger charge is -2.30. The Labute approximate surface area is 165 Å². The molecule has 0 spiro atoms. The van der Waals surface area contributed by atoms with Gasteiger partial charge in [0.1, 0.15) is 0 Å². The van der Waals surface area contributed by atoms with Gasteiger partial charge in [0.05, 0.1) is 32.3 Å². The van der Waals surface area contributed by atoms with Crippen LogP contribution in [0.4, 0.5) is 0 Å². The highest BCUT2D eigenvalue weighted by Crippen LogP contribution is 2.24. The Bertz CT molecular complexity index is 632. The van der Waals surface area contributed by atoms with E-state index in [1.54, 1.807) is 45.0 Å². The molecule has 2 unspecified atom stereocenters. The van der Waals surface area contributed by atoms with Crippen molar-refractivity contribution in [1.82, 2.24) is 0 Å². The van der Waals surface area contributed by atoms with Gasteiger partial charge in [-0.1, -0.05) is 30.3 Å². The number of terminal acetylenes is 1. The van der Waals surface area contributed by atoms with Gasteiger partial charge in [-0.15, -0.1) is 12.3 Å². The van der Waals surface area contributed by atoms with Crippen molar-refractivity contribution in [2.75, 3.05) is 19.8 Å². The molecule has 1 rings (SSSR count). The number of carbonyl (C=O) groups excluding carboxylic acids is 2. The van der Waals surface area contributed by atoms with E-state index in [4.69, 9.17) is 25.4 Å². The molecule has 7 nitrogen and oxygen atoms in total. The Hall–Kier alpha value is -2.40. The molecule has 0 heterocycles. The zero-order chi connectivity index (χ0) is 21.0. The second-order valence-electron chi connectivity index (χ2n) is 6.05. The summed E-state index contributed by atoms with van der Waals surface area (Å²) in [6, 6.07) is 8.94. The summed E-state index contributed by atoms with van der Waals surface area (Å²) >= 11 is 0. The van der Waals surface area contributed by atoms with Crippen LogP contribution in [0.3, 0.4) is 0 Å². The number of rotatable bonds is 12. The van der Waals surface area contributed by atoms with Gasteiger partial charge in [-0.05, 0) is 26.3 Å². The number of carbonyl (C=O) groups is 2. The smallest absolute Gasteiger partial charge is 0.350 e. The van der Waals surface area contributed by atoms with Gasteiger partial charge >= 0.3 is 11.9 Å². The Kier molecular flexibility index (Phi) is 10.2. The molecule has 1 N–H and O–H groups in total. The molecular weight excluding hydrogens is 364 g/mol. The van der Waals surface area contributed by atoms with Crippen LogP contribution in [0.1, 0.15) is 32.8 Å². The lowest BCUT2D eigenvalue weighted by atomic mass is 9.94. The normalized spacial score (nSPS) is 13.2. The zero-order valence-corrected chi connectivity index (χ0v) is 16.6. The molecule has 0 aliphatic rings. The predicted molar refractivity (Wildman–Crippen MR) is 102 cm³/mol. The third-order valence-corrected chi connectivity index (χ3v) is 3.75. The van der Waals surface area contributed by atoms with Crippen molar-refractivity contribution in [1.29, 1.82) is 0 Å². The number of benzene rings is 1. The maximum atomic E-state index is 12.8. The number of aliphatic hydroxyl groups excluding tert-OH is 1. The van der Waals surface area contributed by atoms with Crippen LogP contribution in [-0.2, 0) is 35.0 Å². The number of aliphatic hydroxyl groups is 1. The fourth-order valence-electron chi connectivity index (χ4n) is 2.49. The van der Waals surface area contributed by atoms with Gasteiger partial charge in [-0.25, -0.2) is 9.59 Å². The second-order valence-corrected chi connectivity index (χ2v) is 6.05. The van der Waals surface area contributed by atoms with Crippen LogP contribution in [0.25, 0.3) is 0 Å². The molecule has 0 aromatic heterocycles. The van der Waals surface area contributed by atoms with Gasteiger partial charge in [0.15, 0.2) is 6.29 Å². The first-order valence-corrected chi connectivity index (χ1v) is 9.18. The number of hydrogen-bond acceptors (Lipinski definition) is 7. The largest absolute Gasteiger partial charge is 0.463 e. The maximum absolute atomic E-state index is 12.8. The van der Waals surface area contributed by atoms with Crippen molar-refractivity contribution in [2.24, 2.45) is 0 Å². The molecule has 7 heteroatoms. The summed E-state index contributed by atoms with van der Waals surface area (Å²) in [5.74, 6) is 0.605. The van der Waals surface area contributed by atoms with Crippen LogP contribution >= 0.6 is 0 Å². The maximum Gasteiger partial charge on any atom is 0.350 e. The van der Waals surface area contributed by atoms with Crippen molar-refractivity contribution in [3.63, 3.8) is 0 Å². The first-order chi connectivity index (χ1) is 13.4. The van der Waals surface area contributed by atoms with Crippen molar-refractivity contribution in [3.05, 3.63) is 35.9 Å². The minimum absolute atomic E-state index is 0.00918. The van der Waals surface area contributed by atoms with Gasteiger partial charge in [0.2, 0.25) is 0 Å². The molecule has 0 radical (unpaired) electrons. The van der Waals surface area contributed by atoms with Gasteiger partial charge in [-0.3, -0.25) is 0 Å². The van der Waals surface area contributed by atoms with E-state index < -0.39 is 29.9 Å². The van der Waals surface area contributed by atoms with Crippen LogP contribution in [0, 0.1) is 12.3 Å². The minimum Gasteiger partial charge on any atom is -0.463 e. The first-order valence-electron chi connectivity index (χ1n) is 9.18. The average molecular weight is 392 g/mol. The van der Waals surface area contributed by atoms with Crippen LogP contribution < -0.4 is 0 Å². The fourth-order valence-corrected chi connectivity index (χ4v) is 2.49. The van der Waals surface area contributed by atoms with Crippen molar-refractivity contribution in [3.8, 4) is 12.3 Å². The molecule has 0 aliphatic heterocycles. The Morgan fingerprint density at radius 2 is 1.71 bits per heavy atom. The summed E-state index contributed by atoms with van der Waals surface area (Å²) in [5, 5.41) is 9.67. The summed E-state index contributed by atoms with van der Waals surface area (Å²) in [7, 11) is 0. The summed E-state index contributed by atoms with van der Waals surface area (Å²) in [4.78, 5) is 25.5. The molecule has 0 fully saturated rings. The monoisotopic (exact) mass is 392 g/mol. The Morgan fingerprint density at radius 1 is 1.14 bits per heavy atom. The SMILES string of the molecule is C#CCC(O)OC(C)COC(Cc1ccccc1)(C(=O)OCC)C(=O)OCC. The summed E-state index contributed by atoms with van der Waals surface area (Å²) in [6.07, 6.45) is 3.28. The lowest BCUT2D eigenvalue weighted by molar-refractivity contribution is -0.201. The molecule has 154 valence electrons. The number of esters is 2. The van der Waals surface area contributed by atoms with Crippen LogP contribution in [0.15, 0.2) is 30.3 Å². The van der Waals surface area contributed by atoms with Crippen LogP contribution in [0.5, 0.6) is 0 Å². The molecule has 0 saturated heterocycles. The van der Waals surface area contributed by atoms with E-state index in [0.717, 1.165) is 0 Å². The van der Waals surface area contributed by atoms with Crippen molar-refractivity contribution < 1.29 is 33.6 Å². The molecular formula is C21H28O7. The highest BCUT2D eigenvalue weighted by atomic mass is 16.6. The van der Waals surface area contributed by atoms with Gasteiger partial charge in [0, 0.05) is 6.42 Å². The standard InChI is InChI=1S/C21H28O7/c1-5-11-18(22)28-16(4)15-27-21(19(23)25-6-2,20(24)26-7-3)14-17-12-9-8-10-13-17/h1,8-10,12-13,16,18,22H,6-7,11,14-15H2,2-4H3. The van der Waals surface area contributed by atoms with E-state index in [0.29, 0.717) is 5.56 Å². The Balaban J connectivity index is 3.10. The zero-order valence-electron chi connectivity index (χ0n) is 16.6. The molecule has 28 heavy (non-hydrogen) atoms. The van der Waals surface area contributed by atoms with E-state index in [1.165, 1.54) is 0 Å². The molecule has 0 aliphatic carbocycles. The first kappa shape index (κ1) is 23.6. The predicted octanol–water partition coefficient (Wildman–Crippen LogP) is 1.86. The summed E-state index contributed by atoms with van der Waals surface area (Å²) < 4.78 is 21.3. The molecule has 0 amide bonds. The van der Waals surface area contributed by atoms with E-state index in [-0.39, 0.29) is 32.7 Å². The second kappa shape index (κ2) is 12.1. The fraction of sp³-hybridized carbons (Fsp3) is 0.524. The van der Waals surface area contributed by atoms with Gasteiger partial charge in [0.25, 0.3) is 5.60 Å². The van der Waals surface area contributed by atoms with Gasteiger partial charge in [-0.2, -0.15) is 0 Å². The quantitative estimate of drug-likeness (QED) is 0.251. The topological polar surface area (TPSA) is 91.3 Å². The van der Waals surface area contributed by atoms with E-state index in [9.17, 15) is 14.7 Å². The summed E-state index contributed by atoms with van der Waals surface area (Å²) in [6.45, 7) is 4.89. The lowest BCUT2D eigenvalue weighted by Crippen LogP contribution is -2.54. The van der Waals surface area contributed by atoms with E-state index in [2.05, 4.69) is 5.92 Å². The molecule has 0 bridgehead atoms. The van der Waals surface area contributed by atoms with Crippen molar-refractivity contribution >= 4 is 11.9 Å². The highest BCUT2D eigenvalue weighted by molar-refractivity contribution is 6.04. The van der Waals surface area contributed by atoms with Gasteiger partial charge < -0.3 is 24.1 Å². The van der Waals surface area contributed by atoms with E-state index in [1.807, 2.05) is 6.07 Å². The molecule has 0 saturated carbocycles.